The van der Waals surface area contributed by atoms with Crippen LogP contribution in [0.2, 0.25) is 0 Å². The molecule has 1 aliphatic heterocycles. The van der Waals surface area contributed by atoms with Crippen molar-refractivity contribution in [2.24, 2.45) is 0 Å². The fraction of sp³-hybridized carbons (Fsp3) is 0.211. The van der Waals surface area contributed by atoms with Crippen LogP contribution in [-0.2, 0) is 9.59 Å². The number of carbonyl (C=O) groups excluding carboxylic acids is 1. The van der Waals surface area contributed by atoms with Crippen molar-refractivity contribution in [3.63, 3.8) is 0 Å². The average molecular weight is 465 g/mol. The van der Waals surface area contributed by atoms with Gasteiger partial charge in [0.2, 0.25) is 0 Å². The van der Waals surface area contributed by atoms with Crippen molar-refractivity contribution in [3.05, 3.63) is 57.2 Å². The molecule has 0 aliphatic carbocycles. The number of thioether (sulfide) groups is 2. The van der Waals surface area contributed by atoms with Gasteiger partial charge in [-0.05, 0) is 30.6 Å². The number of carboxylic acids is 1. The summed E-state index contributed by atoms with van der Waals surface area (Å²) in [6, 6.07) is 8.26. The van der Waals surface area contributed by atoms with Crippen LogP contribution >= 0.6 is 35.7 Å². The number of nitro benzene ring substituents is 1. The summed E-state index contributed by atoms with van der Waals surface area (Å²) < 4.78 is 5.90. The summed E-state index contributed by atoms with van der Waals surface area (Å²) in [7, 11) is 0. The summed E-state index contributed by atoms with van der Waals surface area (Å²) in [5.41, 5.74) is 0.468. The maximum Gasteiger partial charge on any atom is 0.326 e. The predicted molar refractivity (Wildman–Crippen MR) is 120 cm³/mol. The highest BCUT2D eigenvalue weighted by Crippen LogP contribution is 2.36. The highest BCUT2D eigenvalue weighted by atomic mass is 32.2. The zero-order valence-electron chi connectivity index (χ0n) is 15.6. The first-order valence-electron chi connectivity index (χ1n) is 8.65. The van der Waals surface area contributed by atoms with Crippen molar-refractivity contribution < 1.29 is 24.0 Å². The lowest BCUT2D eigenvalue weighted by Gasteiger charge is -2.22. The van der Waals surface area contributed by atoms with E-state index in [2.05, 4.69) is 0 Å². The molecule has 3 rings (SSSR count). The van der Waals surface area contributed by atoms with Crippen LogP contribution in [0.1, 0.15) is 12.2 Å². The number of carbonyl (C=O) groups is 2. The standard InChI is InChI=1S/C19H16N2O6S3/c1-29-8-7-14(18(23)24)20-17(22)16(30-19(20)28)10-13-5-6-15(27-13)11-3-2-4-12(9-11)21(25)26/h2-6,9-10,14H,7-8H2,1H3,(H,23,24)/b16-10-. The highest BCUT2D eigenvalue weighted by molar-refractivity contribution is 8.26. The molecule has 1 fully saturated rings. The molecular formula is C19H16N2O6S3. The van der Waals surface area contributed by atoms with Gasteiger partial charge >= 0.3 is 5.97 Å². The zero-order chi connectivity index (χ0) is 21.8. The number of furan rings is 1. The number of amides is 1. The van der Waals surface area contributed by atoms with Gasteiger partial charge in [-0.2, -0.15) is 11.8 Å². The number of aliphatic carboxylic acids is 1. The molecular weight excluding hydrogens is 448 g/mol. The molecule has 0 saturated carbocycles. The Hall–Kier alpha value is -2.63. The lowest BCUT2D eigenvalue weighted by Crippen LogP contribution is -2.44. The molecule has 0 spiro atoms. The van der Waals surface area contributed by atoms with Gasteiger partial charge in [-0.25, -0.2) is 4.79 Å². The Morgan fingerprint density at radius 3 is 2.87 bits per heavy atom. The van der Waals surface area contributed by atoms with E-state index < -0.39 is 22.8 Å². The van der Waals surface area contributed by atoms with Gasteiger partial charge in [0.1, 0.15) is 21.9 Å². The Kier molecular flexibility index (Phi) is 6.95. The van der Waals surface area contributed by atoms with Crippen LogP contribution in [0.15, 0.2) is 45.7 Å². The highest BCUT2D eigenvalue weighted by Gasteiger charge is 2.40. The minimum atomic E-state index is -1.10. The first-order valence-corrected chi connectivity index (χ1v) is 11.3. The van der Waals surface area contributed by atoms with E-state index in [1.807, 2.05) is 6.26 Å². The van der Waals surface area contributed by atoms with Gasteiger partial charge in [0.25, 0.3) is 11.6 Å². The van der Waals surface area contributed by atoms with Crippen molar-refractivity contribution in [3.8, 4) is 11.3 Å². The van der Waals surface area contributed by atoms with Crippen LogP contribution < -0.4 is 0 Å². The minimum absolute atomic E-state index is 0.0590. The van der Waals surface area contributed by atoms with Crippen LogP contribution in [0, 0.1) is 10.1 Å². The van der Waals surface area contributed by atoms with Crippen molar-refractivity contribution in [1.29, 1.82) is 0 Å². The molecule has 1 amide bonds. The SMILES string of the molecule is CSCCC(C(=O)O)N1C(=O)/C(=C/c2ccc(-c3cccc([N+](=O)[O-])c3)o2)SC1=S. The fourth-order valence-electron chi connectivity index (χ4n) is 2.83. The minimum Gasteiger partial charge on any atom is -0.480 e. The van der Waals surface area contributed by atoms with E-state index in [0.29, 0.717) is 22.8 Å². The number of non-ortho nitro benzene ring substituents is 1. The molecule has 8 nitrogen and oxygen atoms in total. The Morgan fingerprint density at radius 2 is 2.20 bits per heavy atom. The first-order chi connectivity index (χ1) is 14.3. The second-order valence-electron chi connectivity index (χ2n) is 6.20. The average Bonchev–Trinajstić information content (AvgIpc) is 3.28. The molecule has 30 heavy (non-hydrogen) atoms. The second kappa shape index (κ2) is 9.45. The zero-order valence-corrected chi connectivity index (χ0v) is 18.1. The number of hydrogen-bond acceptors (Lipinski definition) is 8. The number of rotatable bonds is 8. The van der Waals surface area contributed by atoms with Crippen molar-refractivity contribution >= 4 is 63.7 Å². The molecule has 1 aromatic carbocycles. The lowest BCUT2D eigenvalue weighted by molar-refractivity contribution is -0.384. The molecule has 1 N–H and O–H groups in total. The van der Waals surface area contributed by atoms with Gasteiger partial charge in [0.05, 0.1) is 9.83 Å². The van der Waals surface area contributed by atoms with Crippen molar-refractivity contribution in [2.75, 3.05) is 12.0 Å². The monoisotopic (exact) mass is 464 g/mol. The molecule has 2 aromatic rings. The summed E-state index contributed by atoms with van der Waals surface area (Å²) in [4.78, 5) is 36.3. The molecule has 2 heterocycles. The summed E-state index contributed by atoms with van der Waals surface area (Å²) >= 11 is 7.75. The summed E-state index contributed by atoms with van der Waals surface area (Å²) in [6.07, 6.45) is 3.64. The number of hydrogen-bond donors (Lipinski definition) is 1. The smallest absolute Gasteiger partial charge is 0.326 e. The van der Waals surface area contributed by atoms with E-state index >= 15 is 0 Å². The molecule has 1 aliphatic rings. The van der Waals surface area contributed by atoms with Crippen LogP contribution in [0.5, 0.6) is 0 Å². The third-order valence-corrected chi connectivity index (χ3v) is 6.23. The van der Waals surface area contributed by atoms with Crippen molar-refractivity contribution in [1.82, 2.24) is 4.90 Å². The maximum atomic E-state index is 12.8. The van der Waals surface area contributed by atoms with E-state index in [1.54, 1.807) is 24.3 Å². The number of nitro groups is 1. The summed E-state index contributed by atoms with van der Waals surface area (Å²) in [5.74, 6) is -0.242. The second-order valence-corrected chi connectivity index (χ2v) is 8.86. The third-order valence-electron chi connectivity index (χ3n) is 4.26. The number of nitrogens with zero attached hydrogens (tertiary/aromatic N) is 2. The molecule has 0 bridgehead atoms. The van der Waals surface area contributed by atoms with Gasteiger partial charge in [-0.1, -0.05) is 36.1 Å². The van der Waals surface area contributed by atoms with Gasteiger partial charge in [0, 0.05) is 23.8 Å². The maximum absolute atomic E-state index is 12.8. The van der Waals surface area contributed by atoms with E-state index in [-0.39, 0.29) is 21.3 Å². The largest absolute Gasteiger partial charge is 0.480 e. The predicted octanol–water partition coefficient (Wildman–Crippen LogP) is 4.26. The van der Waals surface area contributed by atoms with E-state index in [4.69, 9.17) is 16.6 Å². The summed E-state index contributed by atoms with van der Waals surface area (Å²) in [6.45, 7) is 0. The molecule has 1 atom stereocenters. The van der Waals surface area contributed by atoms with Crippen LogP contribution in [0.25, 0.3) is 17.4 Å². The third kappa shape index (κ3) is 4.74. The Morgan fingerprint density at radius 1 is 1.43 bits per heavy atom. The summed E-state index contributed by atoms with van der Waals surface area (Å²) in [5, 5.41) is 20.5. The van der Waals surface area contributed by atoms with Gasteiger partial charge < -0.3 is 9.52 Å². The van der Waals surface area contributed by atoms with Gasteiger partial charge in [-0.3, -0.25) is 19.8 Å². The molecule has 1 saturated heterocycles. The number of thiocarbonyl (C=S) groups is 1. The topological polar surface area (TPSA) is 114 Å². The van der Waals surface area contributed by atoms with Gasteiger partial charge in [-0.15, -0.1) is 0 Å². The first kappa shape index (κ1) is 22.1. The van der Waals surface area contributed by atoms with Gasteiger partial charge in [0.15, 0.2) is 0 Å². The lowest BCUT2D eigenvalue weighted by atomic mass is 10.1. The number of benzene rings is 1. The fourth-order valence-corrected chi connectivity index (χ4v) is 4.62. The Bertz CT molecular complexity index is 1050. The Labute approximate surface area is 185 Å². The van der Waals surface area contributed by atoms with Crippen LogP contribution in [0.4, 0.5) is 5.69 Å². The van der Waals surface area contributed by atoms with E-state index in [0.717, 1.165) is 16.7 Å². The number of carboxylic acid groups (broad SMARTS) is 1. The Balaban J connectivity index is 1.84. The van der Waals surface area contributed by atoms with Crippen LogP contribution in [0.3, 0.4) is 0 Å². The van der Waals surface area contributed by atoms with E-state index in [9.17, 15) is 24.8 Å². The molecule has 11 heteroatoms. The van der Waals surface area contributed by atoms with Crippen LogP contribution in [-0.4, -0.2) is 49.2 Å². The van der Waals surface area contributed by atoms with Crippen molar-refractivity contribution in [2.45, 2.75) is 12.5 Å². The molecule has 1 aromatic heterocycles. The normalized spacial score (nSPS) is 16.3. The van der Waals surface area contributed by atoms with E-state index in [1.165, 1.54) is 30.0 Å². The molecule has 0 radical (unpaired) electrons. The molecule has 156 valence electrons. The quantitative estimate of drug-likeness (QED) is 0.265. The molecule has 1 unspecified atom stereocenters.